The topological polar surface area (TPSA) is 63.8 Å². The van der Waals surface area contributed by atoms with Crippen molar-refractivity contribution in [2.24, 2.45) is 0 Å². The SMILES string of the molecule is CCc1cc2c(NCc3cc(-c4ccccc4)no3)ncnc2s1. The molecule has 4 aromatic rings. The standard InChI is InChI=1S/C18H16N4OS/c1-2-14-9-15-17(20-11-21-18(15)24-14)19-10-13-8-16(22-23-13)12-6-4-3-5-7-12/h3-9,11H,2,10H2,1H3,(H,19,20,21). The minimum absolute atomic E-state index is 0.531. The molecule has 0 radical (unpaired) electrons. The maximum Gasteiger partial charge on any atom is 0.156 e. The Hall–Kier alpha value is -2.73. The van der Waals surface area contributed by atoms with Gasteiger partial charge in [-0.2, -0.15) is 0 Å². The van der Waals surface area contributed by atoms with Crippen LogP contribution in [0.25, 0.3) is 21.5 Å². The molecule has 0 spiro atoms. The maximum absolute atomic E-state index is 5.43. The Morgan fingerprint density at radius 3 is 2.83 bits per heavy atom. The second-order valence-corrected chi connectivity index (χ2v) is 6.52. The van der Waals surface area contributed by atoms with Crippen molar-refractivity contribution in [3.63, 3.8) is 0 Å². The molecule has 1 N–H and O–H groups in total. The first-order valence-corrected chi connectivity index (χ1v) is 8.63. The third-order valence-electron chi connectivity index (χ3n) is 3.79. The van der Waals surface area contributed by atoms with Crippen molar-refractivity contribution in [2.75, 3.05) is 5.32 Å². The zero-order valence-electron chi connectivity index (χ0n) is 13.2. The zero-order chi connectivity index (χ0) is 16.4. The highest BCUT2D eigenvalue weighted by Gasteiger charge is 2.10. The summed E-state index contributed by atoms with van der Waals surface area (Å²) in [5, 5.41) is 8.52. The van der Waals surface area contributed by atoms with Gasteiger partial charge < -0.3 is 9.84 Å². The molecule has 0 fully saturated rings. The fourth-order valence-electron chi connectivity index (χ4n) is 2.53. The van der Waals surface area contributed by atoms with Crippen molar-refractivity contribution in [2.45, 2.75) is 19.9 Å². The lowest BCUT2D eigenvalue weighted by atomic mass is 10.1. The van der Waals surface area contributed by atoms with Gasteiger partial charge >= 0.3 is 0 Å². The summed E-state index contributed by atoms with van der Waals surface area (Å²) in [6, 6.07) is 14.1. The first kappa shape index (κ1) is 14.8. The number of nitrogens with one attached hydrogen (secondary N) is 1. The quantitative estimate of drug-likeness (QED) is 0.580. The smallest absolute Gasteiger partial charge is 0.156 e. The van der Waals surface area contributed by atoms with Crippen LogP contribution in [-0.2, 0) is 13.0 Å². The number of thiophene rings is 1. The van der Waals surface area contributed by atoms with Crippen LogP contribution in [-0.4, -0.2) is 15.1 Å². The first-order valence-electron chi connectivity index (χ1n) is 7.82. The Morgan fingerprint density at radius 1 is 1.12 bits per heavy atom. The molecule has 0 saturated heterocycles. The Balaban J connectivity index is 1.53. The number of hydrogen-bond donors (Lipinski definition) is 1. The summed E-state index contributed by atoms with van der Waals surface area (Å²) >= 11 is 1.71. The molecule has 0 atom stereocenters. The van der Waals surface area contributed by atoms with Crippen molar-refractivity contribution in [1.29, 1.82) is 0 Å². The van der Waals surface area contributed by atoms with Gasteiger partial charge in [0, 0.05) is 16.5 Å². The normalized spacial score (nSPS) is 11.0. The van der Waals surface area contributed by atoms with Gasteiger partial charge in [0.15, 0.2) is 5.76 Å². The maximum atomic E-state index is 5.43. The predicted octanol–water partition coefficient (Wildman–Crippen LogP) is 4.52. The molecule has 5 nitrogen and oxygen atoms in total. The molecular formula is C18H16N4OS. The highest BCUT2D eigenvalue weighted by atomic mass is 32.1. The lowest BCUT2D eigenvalue weighted by Gasteiger charge is -2.03. The van der Waals surface area contributed by atoms with Crippen LogP contribution in [0.1, 0.15) is 17.6 Å². The van der Waals surface area contributed by atoms with E-state index in [1.165, 1.54) is 4.88 Å². The highest BCUT2D eigenvalue weighted by Crippen LogP contribution is 2.28. The highest BCUT2D eigenvalue weighted by molar-refractivity contribution is 7.18. The van der Waals surface area contributed by atoms with E-state index >= 15 is 0 Å². The van der Waals surface area contributed by atoms with Crippen LogP contribution in [0.2, 0.25) is 0 Å². The van der Waals surface area contributed by atoms with Gasteiger partial charge in [-0.1, -0.05) is 42.4 Å². The van der Waals surface area contributed by atoms with E-state index in [0.29, 0.717) is 6.54 Å². The fraction of sp³-hybridized carbons (Fsp3) is 0.167. The minimum atomic E-state index is 0.531. The van der Waals surface area contributed by atoms with Crippen LogP contribution < -0.4 is 5.32 Å². The largest absolute Gasteiger partial charge is 0.362 e. The van der Waals surface area contributed by atoms with Gasteiger partial charge in [-0.3, -0.25) is 0 Å². The van der Waals surface area contributed by atoms with E-state index in [1.54, 1.807) is 17.7 Å². The molecule has 0 bridgehead atoms. The van der Waals surface area contributed by atoms with Gasteiger partial charge in [0.1, 0.15) is 22.7 Å². The molecule has 0 aliphatic heterocycles. The van der Waals surface area contributed by atoms with E-state index in [0.717, 1.165) is 39.5 Å². The average molecular weight is 336 g/mol. The molecule has 0 aliphatic rings. The van der Waals surface area contributed by atoms with E-state index in [-0.39, 0.29) is 0 Å². The molecule has 0 saturated carbocycles. The van der Waals surface area contributed by atoms with Crippen LogP contribution in [0.4, 0.5) is 5.82 Å². The lowest BCUT2D eigenvalue weighted by molar-refractivity contribution is 0.390. The van der Waals surface area contributed by atoms with E-state index in [9.17, 15) is 0 Å². The van der Waals surface area contributed by atoms with E-state index in [1.807, 2.05) is 36.4 Å². The zero-order valence-corrected chi connectivity index (χ0v) is 14.0. The monoisotopic (exact) mass is 336 g/mol. The summed E-state index contributed by atoms with van der Waals surface area (Å²) in [7, 11) is 0. The number of rotatable bonds is 5. The van der Waals surface area contributed by atoms with Crippen molar-refractivity contribution in [3.05, 3.63) is 59.4 Å². The second-order valence-electron chi connectivity index (χ2n) is 5.41. The van der Waals surface area contributed by atoms with E-state index in [2.05, 4.69) is 33.4 Å². The Morgan fingerprint density at radius 2 is 2.00 bits per heavy atom. The summed E-state index contributed by atoms with van der Waals surface area (Å²) in [6.07, 6.45) is 2.60. The van der Waals surface area contributed by atoms with Gasteiger partial charge in [-0.25, -0.2) is 9.97 Å². The lowest BCUT2D eigenvalue weighted by Crippen LogP contribution is -2.00. The third-order valence-corrected chi connectivity index (χ3v) is 4.97. The van der Waals surface area contributed by atoms with Gasteiger partial charge in [-0.05, 0) is 12.5 Å². The van der Waals surface area contributed by atoms with Crippen LogP contribution in [0.5, 0.6) is 0 Å². The molecule has 4 rings (SSSR count). The van der Waals surface area contributed by atoms with Crippen molar-refractivity contribution < 1.29 is 4.52 Å². The Bertz CT molecular complexity index is 961. The summed E-state index contributed by atoms with van der Waals surface area (Å²) in [5.41, 5.74) is 1.88. The summed E-state index contributed by atoms with van der Waals surface area (Å²) in [4.78, 5) is 11.0. The first-order chi connectivity index (χ1) is 11.8. The summed E-state index contributed by atoms with van der Waals surface area (Å²) < 4.78 is 5.43. The molecular weight excluding hydrogens is 320 g/mol. The number of anilines is 1. The summed E-state index contributed by atoms with van der Waals surface area (Å²) in [5.74, 6) is 1.60. The molecule has 0 unspecified atom stereocenters. The van der Waals surface area contributed by atoms with Crippen molar-refractivity contribution in [1.82, 2.24) is 15.1 Å². The Labute approximate surface area is 143 Å². The number of nitrogens with zero attached hydrogens (tertiary/aromatic N) is 3. The van der Waals surface area contributed by atoms with Crippen LogP contribution >= 0.6 is 11.3 Å². The van der Waals surface area contributed by atoms with Gasteiger partial charge in [0.25, 0.3) is 0 Å². The molecule has 6 heteroatoms. The number of aromatic nitrogens is 3. The van der Waals surface area contributed by atoms with Gasteiger partial charge in [0.05, 0.1) is 11.9 Å². The third kappa shape index (κ3) is 2.88. The molecule has 0 aliphatic carbocycles. The second kappa shape index (κ2) is 6.41. The van der Waals surface area contributed by atoms with Crippen LogP contribution in [0.3, 0.4) is 0 Å². The number of hydrogen-bond acceptors (Lipinski definition) is 6. The summed E-state index contributed by atoms with van der Waals surface area (Å²) in [6.45, 7) is 2.67. The fourth-order valence-corrected chi connectivity index (χ4v) is 3.47. The molecule has 3 heterocycles. The van der Waals surface area contributed by atoms with E-state index < -0.39 is 0 Å². The van der Waals surface area contributed by atoms with Crippen LogP contribution in [0, 0.1) is 0 Å². The number of benzene rings is 1. The Kier molecular flexibility index (Phi) is 3.96. The molecule has 1 aromatic carbocycles. The molecule has 24 heavy (non-hydrogen) atoms. The average Bonchev–Trinajstić information content (AvgIpc) is 3.27. The van der Waals surface area contributed by atoms with E-state index in [4.69, 9.17) is 4.52 Å². The molecule has 0 amide bonds. The van der Waals surface area contributed by atoms with Crippen molar-refractivity contribution in [3.8, 4) is 11.3 Å². The van der Waals surface area contributed by atoms with Gasteiger partial charge in [0.2, 0.25) is 0 Å². The minimum Gasteiger partial charge on any atom is -0.362 e. The number of fused-ring (bicyclic) bond motifs is 1. The predicted molar refractivity (Wildman–Crippen MR) is 96.1 cm³/mol. The van der Waals surface area contributed by atoms with Crippen LogP contribution in [0.15, 0.2) is 53.3 Å². The van der Waals surface area contributed by atoms with Gasteiger partial charge in [-0.15, -0.1) is 11.3 Å². The molecule has 120 valence electrons. The van der Waals surface area contributed by atoms with Crippen molar-refractivity contribution >= 4 is 27.4 Å². The number of aryl methyl sites for hydroxylation is 1. The molecule has 3 aromatic heterocycles.